The minimum absolute atomic E-state index is 0.200. The monoisotopic (exact) mass is 398 g/mol. The van der Waals surface area contributed by atoms with Crippen molar-refractivity contribution in [1.29, 1.82) is 0 Å². The maximum atomic E-state index is 12.8. The van der Waals surface area contributed by atoms with Gasteiger partial charge in [-0.2, -0.15) is 0 Å². The normalized spacial score (nSPS) is 21.1. The molecule has 0 bridgehead atoms. The summed E-state index contributed by atoms with van der Waals surface area (Å²) in [5.74, 6) is 1.57. The quantitative estimate of drug-likeness (QED) is 0.737. The van der Waals surface area contributed by atoms with Crippen molar-refractivity contribution in [3.05, 3.63) is 41.7 Å². The third-order valence-corrected chi connectivity index (χ3v) is 5.96. The third kappa shape index (κ3) is 5.39. The number of amides is 1. The Hall–Kier alpha value is -2.32. The Morgan fingerprint density at radius 3 is 2.72 bits per heavy atom. The summed E-state index contributed by atoms with van der Waals surface area (Å²) in [6.07, 6.45) is 3.67. The van der Waals surface area contributed by atoms with Crippen molar-refractivity contribution in [2.45, 2.75) is 44.7 Å². The minimum Gasteiger partial charge on any atom is -0.379 e. The first-order valence-corrected chi connectivity index (χ1v) is 10.7. The summed E-state index contributed by atoms with van der Waals surface area (Å²) >= 11 is 0. The third-order valence-electron chi connectivity index (χ3n) is 5.96. The van der Waals surface area contributed by atoms with Gasteiger partial charge in [0.2, 0.25) is 5.91 Å². The number of aromatic nitrogens is 4. The largest absolute Gasteiger partial charge is 0.379 e. The molecule has 2 saturated heterocycles. The Morgan fingerprint density at radius 1 is 1.07 bits per heavy atom. The zero-order valence-corrected chi connectivity index (χ0v) is 16.9. The molecule has 0 saturated carbocycles. The first kappa shape index (κ1) is 20.0. The molecule has 4 rings (SSSR count). The van der Waals surface area contributed by atoms with E-state index in [9.17, 15) is 4.79 Å². The molecule has 8 nitrogen and oxygen atoms in total. The molecule has 1 aromatic carbocycles. The van der Waals surface area contributed by atoms with E-state index in [1.54, 1.807) is 4.68 Å². The number of aryl methyl sites for hydroxylation is 1. The summed E-state index contributed by atoms with van der Waals surface area (Å²) in [6.45, 7) is 6.19. The number of nitrogens with zero attached hydrogens (tertiary/aromatic N) is 6. The second-order valence-corrected chi connectivity index (χ2v) is 7.88. The molecule has 29 heavy (non-hydrogen) atoms. The number of tetrazole rings is 1. The highest BCUT2D eigenvalue weighted by Crippen LogP contribution is 2.28. The lowest BCUT2D eigenvalue weighted by Gasteiger charge is -2.25. The maximum absolute atomic E-state index is 12.8. The Morgan fingerprint density at radius 2 is 1.90 bits per heavy atom. The van der Waals surface area contributed by atoms with Crippen molar-refractivity contribution in [3.63, 3.8) is 0 Å². The van der Waals surface area contributed by atoms with Gasteiger partial charge in [0.25, 0.3) is 0 Å². The molecule has 1 aromatic heterocycles. The summed E-state index contributed by atoms with van der Waals surface area (Å²) in [4.78, 5) is 17.1. The van der Waals surface area contributed by atoms with Gasteiger partial charge in [0.05, 0.1) is 26.3 Å². The second kappa shape index (κ2) is 9.93. The van der Waals surface area contributed by atoms with Gasteiger partial charge in [-0.3, -0.25) is 9.69 Å². The number of hydrogen-bond donors (Lipinski definition) is 0. The molecular weight excluding hydrogens is 368 g/mol. The highest BCUT2D eigenvalue weighted by molar-refractivity contribution is 5.76. The molecule has 0 spiro atoms. The fourth-order valence-electron chi connectivity index (χ4n) is 4.23. The van der Waals surface area contributed by atoms with Gasteiger partial charge in [-0.1, -0.05) is 30.3 Å². The SMILES string of the molecule is O=C(CCn1nnnc1CN1CCOCC1)N1CCCC(c2ccccc2)CC1. The molecule has 2 fully saturated rings. The van der Waals surface area contributed by atoms with Crippen LogP contribution in [-0.2, 0) is 22.6 Å². The molecule has 1 amide bonds. The van der Waals surface area contributed by atoms with E-state index in [1.165, 1.54) is 5.56 Å². The van der Waals surface area contributed by atoms with Gasteiger partial charge in [-0.05, 0) is 41.2 Å². The van der Waals surface area contributed by atoms with Gasteiger partial charge in [-0.15, -0.1) is 5.10 Å². The zero-order chi connectivity index (χ0) is 19.9. The highest BCUT2D eigenvalue weighted by Gasteiger charge is 2.22. The van der Waals surface area contributed by atoms with E-state index in [0.717, 1.165) is 64.5 Å². The van der Waals surface area contributed by atoms with Gasteiger partial charge in [0, 0.05) is 32.6 Å². The van der Waals surface area contributed by atoms with Crippen molar-refractivity contribution in [2.75, 3.05) is 39.4 Å². The molecule has 1 unspecified atom stereocenters. The molecule has 2 aromatic rings. The van der Waals surface area contributed by atoms with Crippen molar-refractivity contribution in [1.82, 2.24) is 30.0 Å². The Bertz CT molecular complexity index is 774. The number of carbonyl (C=O) groups is 1. The van der Waals surface area contributed by atoms with Gasteiger partial charge >= 0.3 is 0 Å². The first-order valence-electron chi connectivity index (χ1n) is 10.7. The number of hydrogen-bond acceptors (Lipinski definition) is 6. The van der Waals surface area contributed by atoms with E-state index < -0.39 is 0 Å². The molecular formula is C21H30N6O2. The summed E-state index contributed by atoms with van der Waals surface area (Å²) in [6, 6.07) is 10.7. The fourth-order valence-corrected chi connectivity index (χ4v) is 4.23. The van der Waals surface area contributed by atoms with Crippen molar-refractivity contribution < 1.29 is 9.53 Å². The number of rotatable bonds is 6. The van der Waals surface area contributed by atoms with Crippen LogP contribution in [0.15, 0.2) is 30.3 Å². The van der Waals surface area contributed by atoms with Gasteiger partial charge < -0.3 is 9.64 Å². The predicted molar refractivity (Wildman–Crippen MR) is 108 cm³/mol. The number of ether oxygens (including phenoxy) is 1. The summed E-state index contributed by atoms with van der Waals surface area (Å²) < 4.78 is 7.17. The van der Waals surface area contributed by atoms with Crippen LogP contribution in [0.5, 0.6) is 0 Å². The summed E-state index contributed by atoms with van der Waals surface area (Å²) in [7, 11) is 0. The van der Waals surface area contributed by atoms with Crippen LogP contribution >= 0.6 is 0 Å². The predicted octanol–water partition coefficient (Wildman–Crippen LogP) is 1.69. The van der Waals surface area contributed by atoms with Crippen LogP contribution in [0.3, 0.4) is 0 Å². The smallest absolute Gasteiger partial charge is 0.224 e. The number of likely N-dealkylation sites (tertiary alicyclic amines) is 1. The fraction of sp³-hybridized carbons (Fsp3) is 0.619. The average molecular weight is 399 g/mol. The highest BCUT2D eigenvalue weighted by atomic mass is 16.5. The van der Waals surface area contributed by atoms with Gasteiger partial charge in [0.15, 0.2) is 5.82 Å². The number of morpholine rings is 1. The van der Waals surface area contributed by atoms with E-state index in [0.29, 0.717) is 25.4 Å². The molecule has 8 heteroatoms. The Balaban J connectivity index is 1.27. The Labute approximate surface area is 171 Å². The molecule has 156 valence electrons. The van der Waals surface area contributed by atoms with Gasteiger partial charge in [0.1, 0.15) is 0 Å². The lowest BCUT2D eigenvalue weighted by Crippen LogP contribution is -2.36. The zero-order valence-electron chi connectivity index (χ0n) is 16.9. The second-order valence-electron chi connectivity index (χ2n) is 7.88. The van der Waals surface area contributed by atoms with Crippen molar-refractivity contribution in [3.8, 4) is 0 Å². The van der Waals surface area contributed by atoms with E-state index in [4.69, 9.17) is 4.74 Å². The van der Waals surface area contributed by atoms with Crippen LogP contribution in [0.1, 0.15) is 43.0 Å². The molecule has 0 aliphatic carbocycles. The van der Waals surface area contributed by atoms with Crippen LogP contribution in [-0.4, -0.2) is 75.3 Å². The number of carbonyl (C=O) groups excluding carboxylic acids is 1. The van der Waals surface area contributed by atoms with Crippen LogP contribution < -0.4 is 0 Å². The number of benzene rings is 1. The molecule has 0 N–H and O–H groups in total. The lowest BCUT2D eigenvalue weighted by atomic mass is 9.92. The summed E-state index contributed by atoms with van der Waals surface area (Å²) in [5.41, 5.74) is 1.39. The Kier molecular flexibility index (Phi) is 6.84. The van der Waals surface area contributed by atoms with Crippen molar-refractivity contribution >= 4 is 5.91 Å². The van der Waals surface area contributed by atoms with Crippen LogP contribution in [0, 0.1) is 0 Å². The first-order chi connectivity index (χ1) is 14.3. The van der Waals surface area contributed by atoms with E-state index in [1.807, 2.05) is 4.90 Å². The van der Waals surface area contributed by atoms with Crippen LogP contribution in [0.4, 0.5) is 0 Å². The molecule has 0 radical (unpaired) electrons. The van der Waals surface area contributed by atoms with Crippen LogP contribution in [0.2, 0.25) is 0 Å². The van der Waals surface area contributed by atoms with E-state index >= 15 is 0 Å². The van der Waals surface area contributed by atoms with Crippen LogP contribution in [0.25, 0.3) is 0 Å². The lowest BCUT2D eigenvalue weighted by molar-refractivity contribution is -0.131. The molecule has 3 heterocycles. The molecule has 1 atom stereocenters. The minimum atomic E-state index is 0.200. The van der Waals surface area contributed by atoms with E-state index in [2.05, 4.69) is 50.8 Å². The maximum Gasteiger partial charge on any atom is 0.224 e. The van der Waals surface area contributed by atoms with E-state index in [-0.39, 0.29) is 5.91 Å². The standard InChI is InChI=1S/C21H30N6O2/c28-21(26-10-4-7-19(8-11-26)18-5-2-1-3-6-18)9-12-27-20(22-23-24-27)17-25-13-15-29-16-14-25/h1-3,5-6,19H,4,7-17H2. The summed E-state index contributed by atoms with van der Waals surface area (Å²) in [5, 5.41) is 12.1. The topological polar surface area (TPSA) is 76.4 Å². The van der Waals surface area contributed by atoms with Gasteiger partial charge in [-0.25, -0.2) is 4.68 Å². The van der Waals surface area contributed by atoms with Crippen molar-refractivity contribution in [2.24, 2.45) is 0 Å². The molecule has 2 aliphatic heterocycles. The molecule has 2 aliphatic rings. The average Bonchev–Trinajstić information content (AvgIpc) is 3.05.